The number of anilines is 1. The molecule has 3 aromatic rings. The Hall–Kier alpha value is -2.40. The highest BCUT2D eigenvalue weighted by molar-refractivity contribution is 5.73. The zero-order chi connectivity index (χ0) is 13.1. The fourth-order valence-corrected chi connectivity index (χ4v) is 1.89. The predicted molar refractivity (Wildman–Crippen MR) is 74.4 cm³/mol. The highest BCUT2D eigenvalue weighted by Gasteiger charge is 2.03. The minimum absolute atomic E-state index is 0.119. The quantitative estimate of drug-likeness (QED) is 0.745. The van der Waals surface area contributed by atoms with Gasteiger partial charge in [0.15, 0.2) is 0 Å². The maximum Gasteiger partial charge on any atom is 0.113 e. The van der Waals surface area contributed by atoms with Crippen molar-refractivity contribution >= 4 is 16.7 Å². The summed E-state index contributed by atoms with van der Waals surface area (Å²) < 4.78 is 0. The highest BCUT2D eigenvalue weighted by Crippen LogP contribution is 2.14. The number of rotatable bonds is 4. The molecule has 0 amide bonds. The standard InChI is InChI=1S/C14H14N4O/c19-10-9-15-11-5-7-12(8-6-11)18-16-13-3-1-2-4-14(13)17-18/h1-8,15,19H,9-10H2. The van der Waals surface area contributed by atoms with Crippen molar-refractivity contribution in [3.63, 3.8) is 0 Å². The molecule has 3 rings (SSSR count). The lowest BCUT2D eigenvalue weighted by Gasteiger charge is -2.05. The van der Waals surface area contributed by atoms with Gasteiger partial charge in [0, 0.05) is 12.2 Å². The van der Waals surface area contributed by atoms with Crippen LogP contribution >= 0.6 is 0 Å². The lowest BCUT2D eigenvalue weighted by Crippen LogP contribution is -2.05. The van der Waals surface area contributed by atoms with E-state index >= 15 is 0 Å². The van der Waals surface area contributed by atoms with Crippen molar-refractivity contribution < 1.29 is 5.11 Å². The van der Waals surface area contributed by atoms with Crippen LogP contribution in [0.15, 0.2) is 48.5 Å². The van der Waals surface area contributed by atoms with Crippen molar-refractivity contribution in [3.05, 3.63) is 48.5 Å². The predicted octanol–water partition coefficient (Wildman–Crippen LogP) is 1.82. The first-order chi connectivity index (χ1) is 9.36. The van der Waals surface area contributed by atoms with Crippen molar-refractivity contribution in [1.29, 1.82) is 0 Å². The molecule has 0 unspecified atom stereocenters. The third kappa shape index (κ3) is 2.41. The van der Waals surface area contributed by atoms with Gasteiger partial charge in [-0.25, -0.2) is 0 Å². The van der Waals surface area contributed by atoms with Gasteiger partial charge >= 0.3 is 0 Å². The molecular formula is C14H14N4O. The van der Waals surface area contributed by atoms with E-state index in [-0.39, 0.29) is 6.61 Å². The second-order valence-electron chi connectivity index (χ2n) is 4.18. The van der Waals surface area contributed by atoms with Crippen LogP contribution in [0.4, 0.5) is 5.69 Å². The zero-order valence-electron chi connectivity index (χ0n) is 10.3. The third-order valence-electron chi connectivity index (χ3n) is 2.83. The van der Waals surface area contributed by atoms with Gasteiger partial charge in [0.25, 0.3) is 0 Å². The van der Waals surface area contributed by atoms with Crippen LogP contribution in [0.2, 0.25) is 0 Å². The van der Waals surface area contributed by atoms with Crippen LogP contribution < -0.4 is 5.32 Å². The number of aliphatic hydroxyl groups is 1. The van der Waals surface area contributed by atoms with Crippen molar-refractivity contribution in [3.8, 4) is 5.69 Å². The molecule has 2 aromatic carbocycles. The Morgan fingerprint density at radius 1 is 0.947 bits per heavy atom. The summed E-state index contributed by atoms with van der Waals surface area (Å²) >= 11 is 0. The molecule has 0 radical (unpaired) electrons. The summed E-state index contributed by atoms with van der Waals surface area (Å²) in [5.41, 5.74) is 3.63. The van der Waals surface area contributed by atoms with Crippen molar-refractivity contribution in [1.82, 2.24) is 15.0 Å². The van der Waals surface area contributed by atoms with E-state index in [9.17, 15) is 0 Å². The fourth-order valence-electron chi connectivity index (χ4n) is 1.89. The molecule has 5 nitrogen and oxygen atoms in total. The van der Waals surface area contributed by atoms with Crippen LogP contribution in [0.3, 0.4) is 0 Å². The number of nitrogens with one attached hydrogen (secondary N) is 1. The molecule has 1 aromatic heterocycles. The smallest absolute Gasteiger partial charge is 0.113 e. The second kappa shape index (κ2) is 5.07. The Balaban J connectivity index is 1.88. The van der Waals surface area contributed by atoms with E-state index in [1.165, 1.54) is 0 Å². The first-order valence-corrected chi connectivity index (χ1v) is 6.14. The van der Waals surface area contributed by atoms with E-state index in [1.807, 2.05) is 48.5 Å². The largest absolute Gasteiger partial charge is 0.395 e. The summed E-state index contributed by atoms with van der Waals surface area (Å²) in [5.74, 6) is 0. The molecule has 0 aliphatic heterocycles. The zero-order valence-corrected chi connectivity index (χ0v) is 10.3. The maximum absolute atomic E-state index is 8.75. The number of fused-ring (bicyclic) bond motifs is 1. The third-order valence-corrected chi connectivity index (χ3v) is 2.83. The van der Waals surface area contributed by atoms with Gasteiger partial charge in [0.1, 0.15) is 11.0 Å². The van der Waals surface area contributed by atoms with Gasteiger partial charge in [-0.3, -0.25) is 0 Å². The van der Waals surface area contributed by atoms with Gasteiger partial charge in [-0.15, -0.1) is 10.2 Å². The number of nitrogens with zero attached hydrogens (tertiary/aromatic N) is 3. The molecule has 0 saturated heterocycles. The number of hydrogen-bond acceptors (Lipinski definition) is 4. The molecule has 0 aliphatic carbocycles. The second-order valence-corrected chi connectivity index (χ2v) is 4.18. The van der Waals surface area contributed by atoms with E-state index < -0.39 is 0 Å². The summed E-state index contributed by atoms with van der Waals surface area (Å²) in [6.45, 7) is 0.664. The summed E-state index contributed by atoms with van der Waals surface area (Å²) in [4.78, 5) is 1.63. The molecule has 0 atom stereocenters. The molecule has 96 valence electrons. The normalized spacial score (nSPS) is 10.8. The van der Waals surface area contributed by atoms with Gasteiger partial charge in [-0.2, -0.15) is 4.80 Å². The van der Waals surface area contributed by atoms with Crippen molar-refractivity contribution in [2.45, 2.75) is 0 Å². The number of aliphatic hydroxyl groups excluding tert-OH is 1. The lowest BCUT2D eigenvalue weighted by molar-refractivity contribution is 0.311. The first-order valence-electron chi connectivity index (χ1n) is 6.14. The summed E-state index contributed by atoms with van der Waals surface area (Å²) in [5, 5.41) is 20.7. The minimum Gasteiger partial charge on any atom is -0.395 e. The van der Waals surface area contributed by atoms with Gasteiger partial charge in [0.2, 0.25) is 0 Å². The van der Waals surface area contributed by atoms with E-state index in [2.05, 4.69) is 15.5 Å². The molecule has 19 heavy (non-hydrogen) atoms. The highest BCUT2D eigenvalue weighted by atomic mass is 16.3. The van der Waals surface area contributed by atoms with Crippen LogP contribution in [-0.4, -0.2) is 33.3 Å². The SMILES string of the molecule is OCCNc1ccc(-n2nc3ccccc3n2)cc1. The average Bonchev–Trinajstić information content (AvgIpc) is 2.89. The Morgan fingerprint density at radius 2 is 1.58 bits per heavy atom. The monoisotopic (exact) mass is 254 g/mol. The van der Waals surface area contributed by atoms with Crippen LogP contribution in [0.5, 0.6) is 0 Å². The Bertz CT molecular complexity index is 642. The van der Waals surface area contributed by atoms with Crippen molar-refractivity contribution in [2.24, 2.45) is 0 Å². The molecule has 1 heterocycles. The van der Waals surface area contributed by atoms with Crippen LogP contribution in [0, 0.1) is 0 Å². The minimum atomic E-state index is 0.119. The van der Waals surface area contributed by atoms with E-state index in [0.29, 0.717) is 6.54 Å². The van der Waals surface area contributed by atoms with E-state index in [1.54, 1.807) is 4.80 Å². The van der Waals surface area contributed by atoms with Crippen LogP contribution in [-0.2, 0) is 0 Å². The summed E-state index contributed by atoms with van der Waals surface area (Å²) in [7, 11) is 0. The first kappa shape index (κ1) is 11.7. The molecule has 5 heteroatoms. The molecule has 0 bridgehead atoms. The van der Waals surface area contributed by atoms with E-state index in [4.69, 9.17) is 5.11 Å². The topological polar surface area (TPSA) is 63.0 Å². The van der Waals surface area contributed by atoms with Gasteiger partial charge in [-0.05, 0) is 36.4 Å². The Morgan fingerprint density at radius 3 is 2.16 bits per heavy atom. The maximum atomic E-state index is 8.75. The van der Waals surface area contributed by atoms with Gasteiger partial charge < -0.3 is 10.4 Å². The lowest BCUT2D eigenvalue weighted by atomic mass is 10.3. The molecular weight excluding hydrogens is 240 g/mol. The summed E-state index contributed by atoms with van der Waals surface area (Å²) in [6, 6.07) is 15.5. The Labute approximate surface area is 110 Å². The number of aromatic nitrogens is 3. The molecule has 0 spiro atoms. The molecule has 0 aliphatic rings. The van der Waals surface area contributed by atoms with E-state index in [0.717, 1.165) is 22.4 Å². The Kier molecular flexibility index (Phi) is 3.12. The molecule has 0 fully saturated rings. The summed E-state index contributed by atoms with van der Waals surface area (Å²) in [6.07, 6.45) is 0. The molecule has 0 saturated carbocycles. The molecule has 2 N–H and O–H groups in total. The number of benzene rings is 2. The van der Waals surface area contributed by atoms with Gasteiger partial charge in [-0.1, -0.05) is 12.1 Å². The van der Waals surface area contributed by atoms with Crippen LogP contribution in [0.1, 0.15) is 0 Å². The average molecular weight is 254 g/mol. The number of hydrogen-bond donors (Lipinski definition) is 2. The fraction of sp³-hybridized carbons (Fsp3) is 0.143. The van der Waals surface area contributed by atoms with Crippen LogP contribution in [0.25, 0.3) is 16.7 Å². The van der Waals surface area contributed by atoms with Gasteiger partial charge in [0.05, 0.1) is 12.3 Å². The van der Waals surface area contributed by atoms with Crippen molar-refractivity contribution in [2.75, 3.05) is 18.5 Å².